The van der Waals surface area contributed by atoms with Crippen LogP contribution in [0.1, 0.15) is 0 Å². The fraction of sp³-hybridized carbons (Fsp3) is 0.143. The van der Waals surface area contributed by atoms with Crippen LogP contribution < -0.4 is 9.88 Å². The largest absolute Gasteiger partial charge is 0.495 e. The molecule has 0 aliphatic carbocycles. The van der Waals surface area contributed by atoms with Crippen molar-refractivity contribution in [2.75, 3.05) is 7.11 Å². The van der Waals surface area contributed by atoms with Crippen LogP contribution in [0.4, 0.5) is 5.69 Å². The summed E-state index contributed by atoms with van der Waals surface area (Å²) in [5, 5.41) is 15.5. The van der Waals surface area contributed by atoms with E-state index < -0.39 is 15.9 Å². The highest BCUT2D eigenvalue weighted by Gasteiger charge is 2.13. The summed E-state index contributed by atoms with van der Waals surface area (Å²) in [7, 11) is -0.381. The van der Waals surface area contributed by atoms with Gasteiger partial charge in [-0.2, -0.15) is 0 Å². The van der Waals surface area contributed by atoms with E-state index in [9.17, 15) is 14.3 Å². The number of methoxy groups -OCH3 is 1. The van der Waals surface area contributed by atoms with Gasteiger partial charge in [0.2, 0.25) is 0 Å². The van der Waals surface area contributed by atoms with Crippen molar-refractivity contribution >= 4 is 16.7 Å². The number of non-ortho nitro benzene ring substituents is 1. The number of benzene rings is 1. The monoisotopic (exact) mass is 216 g/mol. The minimum Gasteiger partial charge on any atom is -0.495 e. The van der Waals surface area contributed by atoms with Gasteiger partial charge in [0.1, 0.15) is 16.7 Å². The average Bonchev–Trinajstić information content (AvgIpc) is 2.16. The third kappa shape index (κ3) is 2.06. The lowest BCUT2D eigenvalue weighted by Gasteiger charge is -2.04. The van der Waals surface area contributed by atoms with Gasteiger partial charge in [-0.25, -0.2) is 9.35 Å². The molecule has 0 spiro atoms. The van der Waals surface area contributed by atoms with Crippen molar-refractivity contribution in [1.82, 2.24) is 0 Å². The standard InChI is InChI=1S/C7H8N2O4S/c1-13-6-4-5(9(10)11)2-3-7(6)14(8)12/h2-4H,8H2,1H3. The molecule has 1 atom stereocenters. The second kappa shape index (κ2) is 4.16. The summed E-state index contributed by atoms with van der Waals surface area (Å²) in [6.07, 6.45) is 0. The van der Waals surface area contributed by atoms with Gasteiger partial charge in [-0.05, 0) is 6.07 Å². The number of nitrogens with zero attached hydrogens (tertiary/aromatic N) is 1. The summed E-state index contributed by atoms with van der Waals surface area (Å²) >= 11 is 0. The van der Waals surface area contributed by atoms with Gasteiger partial charge in [0, 0.05) is 6.07 Å². The molecular weight excluding hydrogens is 208 g/mol. The van der Waals surface area contributed by atoms with E-state index in [0.29, 0.717) is 0 Å². The van der Waals surface area contributed by atoms with Crippen LogP contribution in [0, 0.1) is 10.1 Å². The molecule has 0 fully saturated rings. The molecule has 0 saturated heterocycles. The molecule has 1 aromatic rings. The Balaban J connectivity index is 3.25. The zero-order valence-electron chi connectivity index (χ0n) is 7.30. The van der Waals surface area contributed by atoms with Gasteiger partial charge in [0.05, 0.1) is 23.0 Å². The van der Waals surface area contributed by atoms with Crippen molar-refractivity contribution in [3.05, 3.63) is 28.3 Å². The van der Waals surface area contributed by atoms with Crippen LogP contribution in [0.15, 0.2) is 23.1 Å². The van der Waals surface area contributed by atoms with Gasteiger partial charge < -0.3 is 4.74 Å². The predicted molar refractivity (Wildman–Crippen MR) is 50.2 cm³/mol. The van der Waals surface area contributed by atoms with Crippen LogP contribution in [0.25, 0.3) is 0 Å². The zero-order chi connectivity index (χ0) is 10.7. The Kier molecular flexibility index (Phi) is 3.15. The Labute approximate surface area is 82.4 Å². The molecule has 0 saturated carbocycles. The van der Waals surface area contributed by atoms with Crippen molar-refractivity contribution in [3.8, 4) is 5.75 Å². The number of nitro benzene ring substituents is 1. The highest BCUT2D eigenvalue weighted by atomic mass is 32.2. The van der Waals surface area contributed by atoms with E-state index in [2.05, 4.69) is 0 Å². The van der Waals surface area contributed by atoms with Crippen LogP contribution in [-0.2, 0) is 11.0 Å². The minimum atomic E-state index is -1.71. The average molecular weight is 216 g/mol. The Morgan fingerprint density at radius 3 is 2.64 bits per heavy atom. The molecule has 2 N–H and O–H groups in total. The molecule has 0 radical (unpaired) electrons. The summed E-state index contributed by atoms with van der Waals surface area (Å²) in [5.41, 5.74) is -0.129. The van der Waals surface area contributed by atoms with Crippen LogP contribution >= 0.6 is 0 Å². The van der Waals surface area contributed by atoms with Crippen molar-refractivity contribution in [3.63, 3.8) is 0 Å². The fourth-order valence-corrected chi connectivity index (χ4v) is 1.48. The lowest BCUT2D eigenvalue weighted by Crippen LogP contribution is -2.05. The number of hydrogen-bond acceptors (Lipinski definition) is 4. The van der Waals surface area contributed by atoms with E-state index in [1.54, 1.807) is 0 Å². The Bertz CT molecular complexity index is 393. The van der Waals surface area contributed by atoms with Crippen molar-refractivity contribution in [2.24, 2.45) is 5.14 Å². The smallest absolute Gasteiger partial charge is 0.273 e. The lowest BCUT2D eigenvalue weighted by molar-refractivity contribution is -0.385. The topological polar surface area (TPSA) is 95.5 Å². The lowest BCUT2D eigenvalue weighted by atomic mass is 10.3. The number of hydrogen-bond donors (Lipinski definition) is 1. The molecule has 0 aliphatic rings. The Hall–Kier alpha value is -1.47. The summed E-state index contributed by atoms with van der Waals surface area (Å²) in [5.74, 6) is 0.153. The third-order valence-corrected chi connectivity index (χ3v) is 2.35. The van der Waals surface area contributed by atoms with E-state index in [1.165, 1.54) is 25.3 Å². The highest BCUT2D eigenvalue weighted by Crippen LogP contribution is 2.25. The van der Waals surface area contributed by atoms with E-state index in [0.717, 1.165) is 0 Å². The van der Waals surface area contributed by atoms with Gasteiger partial charge in [-0.1, -0.05) is 0 Å². The summed E-state index contributed by atoms with van der Waals surface area (Å²) in [4.78, 5) is 10.1. The highest BCUT2D eigenvalue weighted by molar-refractivity contribution is 7.82. The molecule has 1 rings (SSSR count). The predicted octanol–water partition coefficient (Wildman–Crippen LogP) is 0.585. The van der Waals surface area contributed by atoms with E-state index >= 15 is 0 Å². The molecule has 76 valence electrons. The molecule has 0 aliphatic heterocycles. The molecule has 6 nitrogen and oxygen atoms in total. The quantitative estimate of drug-likeness (QED) is 0.590. The molecule has 0 amide bonds. The van der Waals surface area contributed by atoms with Crippen molar-refractivity contribution < 1.29 is 13.9 Å². The molecule has 0 bridgehead atoms. The molecule has 0 aromatic heterocycles. The third-order valence-electron chi connectivity index (χ3n) is 1.57. The fourth-order valence-electron chi connectivity index (χ4n) is 0.936. The maximum atomic E-state index is 10.9. The van der Waals surface area contributed by atoms with Crippen molar-refractivity contribution in [2.45, 2.75) is 4.90 Å². The van der Waals surface area contributed by atoms with E-state index in [1.807, 2.05) is 0 Å². The minimum absolute atomic E-state index is 0.129. The van der Waals surface area contributed by atoms with E-state index in [4.69, 9.17) is 9.88 Å². The maximum absolute atomic E-state index is 10.9. The number of nitrogens with two attached hydrogens (primary N) is 1. The van der Waals surface area contributed by atoms with Crippen LogP contribution in [0.5, 0.6) is 5.75 Å². The normalized spacial score (nSPS) is 12.1. The molecule has 14 heavy (non-hydrogen) atoms. The first-order chi connectivity index (χ1) is 6.56. The van der Waals surface area contributed by atoms with Gasteiger partial charge in [-0.15, -0.1) is 0 Å². The van der Waals surface area contributed by atoms with Gasteiger partial charge in [0.25, 0.3) is 5.69 Å². The van der Waals surface area contributed by atoms with Crippen LogP contribution in [0.2, 0.25) is 0 Å². The van der Waals surface area contributed by atoms with E-state index in [-0.39, 0.29) is 16.3 Å². The zero-order valence-corrected chi connectivity index (χ0v) is 8.11. The van der Waals surface area contributed by atoms with Gasteiger partial charge >= 0.3 is 0 Å². The van der Waals surface area contributed by atoms with Crippen LogP contribution in [-0.4, -0.2) is 16.2 Å². The molecule has 7 heteroatoms. The molecule has 1 aromatic carbocycles. The van der Waals surface area contributed by atoms with Gasteiger partial charge in [-0.3, -0.25) is 10.1 Å². The number of rotatable bonds is 3. The summed E-state index contributed by atoms with van der Waals surface area (Å²) in [6.45, 7) is 0. The Morgan fingerprint density at radius 1 is 1.57 bits per heavy atom. The number of nitro groups is 1. The summed E-state index contributed by atoms with van der Waals surface area (Å²) < 4.78 is 15.8. The van der Waals surface area contributed by atoms with Crippen molar-refractivity contribution in [1.29, 1.82) is 0 Å². The maximum Gasteiger partial charge on any atom is 0.273 e. The second-order valence-corrected chi connectivity index (χ2v) is 3.42. The first kappa shape index (κ1) is 10.6. The second-order valence-electron chi connectivity index (χ2n) is 2.39. The SMILES string of the molecule is COc1cc([N+](=O)[O-])ccc1S(N)=O. The first-order valence-corrected chi connectivity index (χ1v) is 4.76. The Morgan fingerprint density at radius 2 is 2.21 bits per heavy atom. The molecule has 0 heterocycles. The van der Waals surface area contributed by atoms with Gasteiger partial charge in [0.15, 0.2) is 0 Å². The van der Waals surface area contributed by atoms with Crippen LogP contribution in [0.3, 0.4) is 0 Å². The summed E-state index contributed by atoms with van der Waals surface area (Å²) in [6, 6.07) is 3.72. The molecular formula is C7H8N2O4S. The molecule has 1 unspecified atom stereocenters. The number of ether oxygens (including phenoxy) is 1. The first-order valence-electron chi connectivity index (χ1n) is 3.55.